The van der Waals surface area contributed by atoms with Crippen molar-refractivity contribution in [2.75, 3.05) is 18.8 Å². The minimum absolute atomic E-state index is 0.214. The van der Waals surface area contributed by atoms with Crippen LogP contribution >= 0.6 is 0 Å². The van der Waals surface area contributed by atoms with Crippen molar-refractivity contribution >= 4 is 5.82 Å². The average Bonchev–Trinajstić information content (AvgIpc) is 2.57. The standard InChI is InChI=1S/C19H23F2N3/c20-17-6-1-7-18(21)16(17)9-8-14-4-3-11-24(12-14)13-15-5-2-10-23-19(15)22/h1-2,5-7,10,14H,3-4,8-9,11-13H2,(H2,22,23)/t14-/m1/s1. The average molecular weight is 331 g/mol. The lowest BCUT2D eigenvalue weighted by molar-refractivity contribution is 0.161. The summed E-state index contributed by atoms with van der Waals surface area (Å²) >= 11 is 0. The second-order valence-electron chi connectivity index (χ2n) is 6.53. The van der Waals surface area contributed by atoms with Gasteiger partial charge in [0.05, 0.1) is 0 Å². The lowest BCUT2D eigenvalue weighted by Crippen LogP contribution is -2.35. The first-order chi connectivity index (χ1) is 11.6. The van der Waals surface area contributed by atoms with E-state index in [1.165, 1.54) is 18.2 Å². The van der Waals surface area contributed by atoms with Crippen LogP contribution in [0.4, 0.5) is 14.6 Å². The lowest BCUT2D eigenvalue weighted by atomic mass is 9.91. The van der Waals surface area contributed by atoms with E-state index in [1.807, 2.05) is 12.1 Å². The number of likely N-dealkylation sites (tertiary alicyclic amines) is 1. The quantitative estimate of drug-likeness (QED) is 0.906. The number of nitrogens with two attached hydrogens (primary N) is 1. The molecule has 3 nitrogen and oxygen atoms in total. The molecule has 24 heavy (non-hydrogen) atoms. The maximum atomic E-state index is 13.7. The molecule has 1 aliphatic heterocycles. The molecule has 0 radical (unpaired) electrons. The SMILES string of the molecule is Nc1ncccc1CN1CCC[C@H](CCc2c(F)cccc2F)C1. The van der Waals surface area contributed by atoms with Gasteiger partial charge in [-0.2, -0.15) is 0 Å². The van der Waals surface area contributed by atoms with Crippen molar-refractivity contribution in [3.63, 3.8) is 0 Å². The molecule has 1 aromatic carbocycles. The molecule has 1 aliphatic rings. The second-order valence-corrected chi connectivity index (χ2v) is 6.53. The van der Waals surface area contributed by atoms with Gasteiger partial charge in [0.15, 0.2) is 0 Å². The summed E-state index contributed by atoms with van der Waals surface area (Å²) in [6.45, 7) is 2.74. The van der Waals surface area contributed by atoms with E-state index in [9.17, 15) is 8.78 Å². The fourth-order valence-corrected chi connectivity index (χ4v) is 3.48. The van der Waals surface area contributed by atoms with Crippen molar-refractivity contribution in [2.24, 2.45) is 5.92 Å². The van der Waals surface area contributed by atoms with Gasteiger partial charge in [-0.1, -0.05) is 12.1 Å². The van der Waals surface area contributed by atoms with Gasteiger partial charge in [-0.05, 0) is 56.3 Å². The van der Waals surface area contributed by atoms with Crippen LogP contribution in [0.15, 0.2) is 36.5 Å². The number of nitrogens with zero attached hydrogens (tertiary/aromatic N) is 2. The maximum Gasteiger partial charge on any atom is 0.129 e. The van der Waals surface area contributed by atoms with Crippen molar-refractivity contribution in [2.45, 2.75) is 32.2 Å². The topological polar surface area (TPSA) is 42.1 Å². The zero-order valence-corrected chi connectivity index (χ0v) is 13.7. The van der Waals surface area contributed by atoms with Crippen LogP contribution in [-0.2, 0) is 13.0 Å². The van der Waals surface area contributed by atoms with E-state index in [1.54, 1.807) is 6.20 Å². The summed E-state index contributed by atoms with van der Waals surface area (Å²) in [5.74, 6) is 0.153. The highest BCUT2D eigenvalue weighted by Gasteiger charge is 2.21. The van der Waals surface area contributed by atoms with E-state index in [2.05, 4.69) is 9.88 Å². The van der Waals surface area contributed by atoms with Crippen LogP contribution in [0.2, 0.25) is 0 Å². The highest BCUT2D eigenvalue weighted by atomic mass is 19.1. The van der Waals surface area contributed by atoms with Gasteiger partial charge in [-0.3, -0.25) is 4.90 Å². The van der Waals surface area contributed by atoms with E-state index >= 15 is 0 Å². The minimum Gasteiger partial charge on any atom is -0.383 e. The molecule has 1 atom stereocenters. The summed E-state index contributed by atoms with van der Waals surface area (Å²) in [7, 11) is 0. The summed E-state index contributed by atoms with van der Waals surface area (Å²) in [5.41, 5.74) is 7.17. The molecule has 1 saturated heterocycles. The molecule has 0 unspecified atom stereocenters. The second kappa shape index (κ2) is 7.71. The fourth-order valence-electron chi connectivity index (χ4n) is 3.48. The Morgan fingerprint density at radius 3 is 2.71 bits per heavy atom. The van der Waals surface area contributed by atoms with Crippen LogP contribution in [0.1, 0.15) is 30.4 Å². The molecule has 2 N–H and O–H groups in total. The molecular weight excluding hydrogens is 308 g/mol. The van der Waals surface area contributed by atoms with Gasteiger partial charge in [0.2, 0.25) is 0 Å². The molecule has 1 fully saturated rings. The first kappa shape index (κ1) is 16.8. The summed E-state index contributed by atoms with van der Waals surface area (Å²) < 4.78 is 27.5. The number of aromatic nitrogens is 1. The van der Waals surface area contributed by atoms with Gasteiger partial charge in [-0.25, -0.2) is 13.8 Å². The Morgan fingerprint density at radius 2 is 1.96 bits per heavy atom. The fraction of sp³-hybridized carbons (Fsp3) is 0.421. The number of hydrogen-bond acceptors (Lipinski definition) is 3. The first-order valence-corrected chi connectivity index (χ1v) is 8.48. The maximum absolute atomic E-state index is 13.7. The Morgan fingerprint density at radius 1 is 1.17 bits per heavy atom. The Bertz CT molecular complexity index is 670. The van der Waals surface area contributed by atoms with Crippen LogP contribution in [0.5, 0.6) is 0 Å². The number of hydrogen-bond donors (Lipinski definition) is 1. The third-order valence-corrected chi connectivity index (χ3v) is 4.79. The number of halogens is 2. The van der Waals surface area contributed by atoms with E-state index < -0.39 is 11.6 Å². The largest absolute Gasteiger partial charge is 0.383 e. The summed E-state index contributed by atoms with van der Waals surface area (Å²) in [5, 5.41) is 0. The van der Waals surface area contributed by atoms with Gasteiger partial charge in [0, 0.05) is 30.4 Å². The Balaban J connectivity index is 1.57. The Labute approximate surface area is 141 Å². The monoisotopic (exact) mass is 331 g/mol. The van der Waals surface area contributed by atoms with E-state index in [0.717, 1.165) is 44.5 Å². The summed E-state index contributed by atoms with van der Waals surface area (Å²) in [6.07, 6.45) is 5.16. The molecule has 0 spiro atoms. The molecule has 2 heterocycles. The van der Waals surface area contributed by atoms with Gasteiger partial charge >= 0.3 is 0 Å². The number of anilines is 1. The Kier molecular flexibility index (Phi) is 5.41. The van der Waals surface area contributed by atoms with Crippen LogP contribution in [-0.4, -0.2) is 23.0 Å². The lowest BCUT2D eigenvalue weighted by Gasteiger charge is -2.33. The zero-order valence-electron chi connectivity index (χ0n) is 13.7. The number of pyridine rings is 1. The van der Waals surface area contributed by atoms with Crippen LogP contribution in [0.25, 0.3) is 0 Å². The molecule has 128 valence electrons. The highest BCUT2D eigenvalue weighted by Crippen LogP contribution is 2.25. The third-order valence-electron chi connectivity index (χ3n) is 4.79. The van der Waals surface area contributed by atoms with Crippen molar-refractivity contribution in [3.8, 4) is 0 Å². The highest BCUT2D eigenvalue weighted by molar-refractivity contribution is 5.38. The number of benzene rings is 1. The van der Waals surface area contributed by atoms with Crippen molar-refractivity contribution < 1.29 is 8.78 Å². The zero-order chi connectivity index (χ0) is 16.9. The minimum atomic E-state index is -0.439. The van der Waals surface area contributed by atoms with Crippen LogP contribution in [0.3, 0.4) is 0 Å². The van der Waals surface area contributed by atoms with E-state index in [4.69, 9.17) is 5.73 Å². The van der Waals surface area contributed by atoms with Crippen LogP contribution < -0.4 is 5.73 Å². The molecular formula is C19H23F2N3. The van der Waals surface area contributed by atoms with Gasteiger partial charge in [-0.15, -0.1) is 0 Å². The summed E-state index contributed by atoms with van der Waals surface area (Å²) in [6, 6.07) is 7.97. The molecule has 0 amide bonds. The summed E-state index contributed by atoms with van der Waals surface area (Å²) in [4.78, 5) is 6.49. The smallest absolute Gasteiger partial charge is 0.129 e. The number of nitrogen functional groups attached to an aromatic ring is 1. The number of rotatable bonds is 5. The van der Waals surface area contributed by atoms with Crippen molar-refractivity contribution in [1.82, 2.24) is 9.88 Å². The first-order valence-electron chi connectivity index (χ1n) is 8.48. The van der Waals surface area contributed by atoms with E-state index in [-0.39, 0.29) is 5.56 Å². The number of piperidine rings is 1. The molecule has 3 rings (SSSR count). The molecule has 2 aromatic rings. The van der Waals surface area contributed by atoms with Crippen molar-refractivity contribution in [3.05, 3.63) is 59.3 Å². The molecule has 0 bridgehead atoms. The van der Waals surface area contributed by atoms with E-state index in [0.29, 0.717) is 18.2 Å². The van der Waals surface area contributed by atoms with Crippen molar-refractivity contribution in [1.29, 1.82) is 0 Å². The van der Waals surface area contributed by atoms with Crippen LogP contribution in [0, 0.1) is 17.6 Å². The molecule has 5 heteroatoms. The predicted molar refractivity (Wildman–Crippen MR) is 91.3 cm³/mol. The van der Waals surface area contributed by atoms with Gasteiger partial charge < -0.3 is 5.73 Å². The third kappa shape index (κ3) is 4.09. The molecule has 1 aromatic heterocycles. The molecule has 0 aliphatic carbocycles. The molecule has 0 saturated carbocycles. The van der Waals surface area contributed by atoms with Gasteiger partial charge in [0.1, 0.15) is 17.5 Å². The van der Waals surface area contributed by atoms with Gasteiger partial charge in [0.25, 0.3) is 0 Å². The predicted octanol–water partition coefficient (Wildman–Crippen LogP) is 3.79. The normalized spacial score (nSPS) is 18.7. The Hall–Kier alpha value is -2.01.